The SMILES string of the molecule is CC/C=C\C/C=C\C/C=C\C/C=C\C/C=C\C/C=C\C/C=C\C/C=C\CCCCCCCCCCCCCCCCC(=O)OC(COC(=O)CCCCCCCCCCCCCCC)COC(OCC[N+](C)(C)C)C(=O)[O-]. The van der Waals surface area contributed by atoms with E-state index in [1.165, 1.54) is 135 Å². The van der Waals surface area contributed by atoms with Gasteiger partial charge in [0.05, 0.1) is 40.3 Å². The van der Waals surface area contributed by atoms with Gasteiger partial charge in [0, 0.05) is 12.8 Å². The Morgan fingerprint density at radius 1 is 0.403 bits per heavy atom. The number of quaternary nitrogens is 1. The molecule has 0 saturated heterocycles. The summed E-state index contributed by atoms with van der Waals surface area (Å²) in [5.41, 5.74) is 0. The molecular formula is C68H117NO8. The van der Waals surface area contributed by atoms with Crippen LogP contribution >= 0.6 is 0 Å². The molecule has 0 aromatic rings. The largest absolute Gasteiger partial charge is 0.545 e. The van der Waals surface area contributed by atoms with Gasteiger partial charge in [0.1, 0.15) is 13.2 Å². The maximum absolute atomic E-state index is 12.9. The maximum Gasteiger partial charge on any atom is 0.306 e. The van der Waals surface area contributed by atoms with Crippen LogP contribution in [0.15, 0.2) is 97.2 Å². The lowest BCUT2D eigenvalue weighted by Crippen LogP contribution is -2.44. The van der Waals surface area contributed by atoms with Crippen molar-refractivity contribution < 1.29 is 42.9 Å². The molecule has 2 unspecified atom stereocenters. The van der Waals surface area contributed by atoms with Crippen LogP contribution in [-0.2, 0) is 33.3 Å². The van der Waals surface area contributed by atoms with E-state index in [1.54, 1.807) is 0 Å². The van der Waals surface area contributed by atoms with E-state index in [4.69, 9.17) is 18.9 Å². The Morgan fingerprint density at radius 3 is 1.10 bits per heavy atom. The molecule has 9 nitrogen and oxygen atoms in total. The number of unbranched alkanes of at least 4 members (excludes halogenated alkanes) is 26. The van der Waals surface area contributed by atoms with Crippen molar-refractivity contribution in [2.75, 3.05) is 47.5 Å². The molecule has 0 aromatic heterocycles. The molecule has 9 heteroatoms. The number of aliphatic carboxylic acids is 1. The zero-order valence-electron chi connectivity index (χ0n) is 50.3. The van der Waals surface area contributed by atoms with Crippen LogP contribution < -0.4 is 5.11 Å². The Morgan fingerprint density at radius 2 is 0.740 bits per heavy atom. The second kappa shape index (κ2) is 58.4. The van der Waals surface area contributed by atoms with Gasteiger partial charge in [-0.1, -0.05) is 265 Å². The summed E-state index contributed by atoms with van der Waals surface area (Å²) >= 11 is 0. The fourth-order valence-electron chi connectivity index (χ4n) is 8.55. The van der Waals surface area contributed by atoms with Crippen molar-refractivity contribution in [2.45, 2.75) is 270 Å². The van der Waals surface area contributed by atoms with Crippen molar-refractivity contribution in [3.05, 3.63) is 97.2 Å². The van der Waals surface area contributed by atoms with Crippen LogP contribution in [0.25, 0.3) is 0 Å². The number of carboxylic acid groups (broad SMARTS) is 1. The molecule has 0 amide bonds. The third-order valence-electron chi connectivity index (χ3n) is 13.3. The van der Waals surface area contributed by atoms with E-state index in [-0.39, 0.29) is 32.2 Å². The van der Waals surface area contributed by atoms with Crippen LogP contribution in [0.5, 0.6) is 0 Å². The first-order chi connectivity index (χ1) is 37.6. The minimum Gasteiger partial charge on any atom is -0.545 e. The minimum absolute atomic E-state index is 0.146. The minimum atomic E-state index is -1.62. The first-order valence-corrected chi connectivity index (χ1v) is 31.4. The Labute approximate surface area is 473 Å². The molecule has 0 fully saturated rings. The molecular weight excluding hydrogens is 959 g/mol. The lowest BCUT2D eigenvalue weighted by Gasteiger charge is -2.26. The number of hydrogen-bond donors (Lipinski definition) is 0. The van der Waals surface area contributed by atoms with Crippen molar-refractivity contribution in [3.63, 3.8) is 0 Å². The van der Waals surface area contributed by atoms with Crippen LogP contribution in [0.3, 0.4) is 0 Å². The number of likely N-dealkylation sites (N-methyl/N-ethyl adjacent to an activating group) is 1. The van der Waals surface area contributed by atoms with E-state index in [9.17, 15) is 19.5 Å². The summed E-state index contributed by atoms with van der Waals surface area (Å²) in [5, 5.41) is 11.8. The summed E-state index contributed by atoms with van der Waals surface area (Å²) in [5.74, 6) is -2.28. The van der Waals surface area contributed by atoms with Gasteiger partial charge in [0.2, 0.25) is 0 Å². The van der Waals surface area contributed by atoms with Gasteiger partial charge in [0.15, 0.2) is 12.4 Å². The van der Waals surface area contributed by atoms with Gasteiger partial charge < -0.3 is 33.3 Å². The van der Waals surface area contributed by atoms with Crippen molar-refractivity contribution >= 4 is 17.9 Å². The quantitative estimate of drug-likeness (QED) is 0.0195. The van der Waals surface area contributed by atoms with Crippen LogP contribution in [0.2, 0.25) is 0 Å². The molecule has 0 rings (SSSR count). The number of carboxylic acids is 1. The third kappa shape index (κ3) is 59.7. The molecule has 0 aliphatic carbocycles. The Hall–Kier alpha value is -3.79. The van der Waals surface area contributed by atoms with Crippen LogP contribution in [-0.4, -0.2) is 82.3 Å². The van der Waals surface area contributed by atoms with Gasteiger partial charge in [-0.3, -0.25) is 9.59 Å². The standard InChI is InChI=1S/C68H117NO8/c1-6-8-10-12-14-16-18-20-21-22-23-24-25-26-27-28-29-30-31-32-33-34-35-36-37-38-39-40-41-42-43-44-45-47-49-51-53-55-57-59-66(71)77-64(63-76-68(67(72)73)74-61-60-69(3,4)5)62-75-65(70)58-56-54-52-50-48-46-19-17-15-13-11-9-7-2/h8,10,14,16,20-21,23-24,26-27,29-30,32-33,35-36,64,68H,6-7,9,11-13,15,17-19,22,25,28,31,34,37-63H2,1-5H3/b10-8-,16-14-,21-20-,24-23-,27-26-,30-29-,33-32-,36-35-. The Bertz CT molecular complexity index is 1580. The molecule has 0 heterocycles. The van der Waals surface area contributed by atoms with Crippen molar-refractivity contribution in [2.24, 2.45) is 0 Å². The average molecular weight is 1080 g/mol. The highest BCUT2D eigenvalue weighted by molar-refractivity contribution is 5.70. The summed E-state index contributed by atoms with van der Waals surface area (Å²) in [7, 11) is 5.92. The van der Waals surface area contributed by atoms with E-state index >= 15 is 0 Å². The molecule has 0 aromatic carbocycles. The monoisotopic (exact) mass is 1080 g/mol. The number of hydrogen-bond acceptors (Lipinski definition) is 8. The summed E-state index contributed by atoms with van der Waals surface area (Å²) in [6.45, 7) is 4.64. The topological polar surface area (TPSA) is 111 Å². The molecule has 77 heavy (non-hydrogen) atoms. The fourth-order valence-corrected chi connectivity index (χ4v) is 8.55. The summed E-state index contributed by atoms with van der Waals surface area (Å²) in [6.07, 6.45) is 76.2. The zero-order valence-corrected chi connectivity index (χ0v) is 50.3. The molecule has 0 bridgehead atoms. The summed E-state index contributed by atoms with van der Waals surface area (Å²) < 4.78 is 22.7. The van der Waals surface area contributed by atoms with E-state index in [1.807, 2.05) is 21.1 Å². The molecule has 2 atom stereocenters. The molecule has 0 saturated carbocycles. The molecule has 0 aliphatic heterocycles. The van der Waals surface area contributed by atoms with E-state index < -0.39 is 24.3 Å². The second-order valence-corrected chi connectivity index (χ2v) is 22.0. The Kier molecular flexibility index (Phi) is 55.5. The molecule has 0 radical (unpaired) electrons. The molecule has 0 N–H and O–H groups in total. The number of carbonyl (C=O) groups excluding carboxylic acids is 3. The van der Waals surface area contributed by atoms with Gasteiger partial charge in [-0.15, -0.1) is 0 Å². The number of allylic oxidation sites excluding steroid dienone is 16. The number of rotatable bonds is 57. The lowest BCUT2D eigenvalue weighted by atomic mass is 10.0. The van der Waals surface area contributed by atoms with E-state index in [0.29, 0.717) is 23.9 Å². The van der Waals surface area contributed by atoms with Gasteiger partial charge in [-0.05, 0) is 77.0 Å². The smallest absolute Gasteiger partial charge is 0.306 e. The first-order valence-electron chi connectivity index (χ1n) is 31.4. The van der Waals surface area contributed by atoms with E-state index in [2.05, 4.69) is 111 Å². The van der Waals surface area contributed by atoms with Gasteiger partial charge in [-0.25, -0.2) is 0 Å². The normalized spacial score (nSPS) is 13.4. The lowest BCUT2D eigenvalue weighted by molar-refractivity contribution is -0.870. The molecule has 442 valence electrons. The molecule has 0 aliphatic rings. The van der Waals surface area contributed by atoms with Gasteiger partial charge in [0.25, 0.3) is 0 Å². The summed E-state index contributed by atoms with van der Waals surface area (Å²) in [6, 6.07) is 0. The number of carbonyl (C=O) groups is 3. The number of esters is 2. The van der Waals surface area contributed by atoms with Crippen LogP contribution in [0.4, 0.5) is 0 Å². The van der Waals surface area contributed by atoms with Crippen LogP contribution in [0, 0.1) is 0 Å². The summed E-state index contributed by atoms with van der Waals surface area (Å²) in [4.78, 5) is 37.2. The predicted molar refractivity (Wildman–Crippen MR) is 324 cm³/mol. The predicted octanol–water partition coefficient (Wildman–Crippen LogP) is 17.6. The van der Waals surface area contributed by atoms with Crippen molar-refractivity contribution in [1.29, 1.82) is 0 Å². The van der Waals surface area contributed by atoms with Gasteiger partial charge >= 0.3 is 11.9 Å². The van der Waals surface area contributed by atoms with Gasteiger partial charge in [-0.2, -0.15) is 0 Å². The third-order valence-corrected chi connectivity index (χ3v) is 13.3. The second-order valence-electron chi connectivity index (χ2n) is 22.0. The average Bonchev–Trinajstić information content (AvgIpc) is 3.40. The Balaban J connectivity index is 4.06. The number of ether oxygens (including phenoxy) is 4. The van der Waals surface area contributed by atoms with Crippen molar-refractivity contribution in [1.82, 2.24) is 0 Å². The highest BCUT2D eigenvalue weighted by Crippen LogP contribution is 2.16. The highest BCUT2D eigenvalue weighted by atomic mass is 16.7. The highest BCUT2D eigenvalue weighted by Gasteiger charge is 2.22. The first kappa shape index (κ1) is 73.2. The van der Waals surface area contributed by atoms with Crippen LogP contribution in [0.1, 0.15) is 258 Å². The van der Waals surface area contributed by atoms with E-state index in [0.717, 1.165) is 89.9 Å². The van der Waals surface area contributed by atoms with Crippen molar-refractivity contribution in [3.8, 4) is 0 Å². The fraction of sp³-hybridized carbons (Fsp3) is 0.721. The zero-order chi connectivity index (χ0) is 56.2. The molecule has 0 spiro atoms. The maximum atomic E-state index is 12.9. The number of nitrogens with zero attached hydrogens (tertiary/aromatic N) is 1.